The molecule has 0 radical (unpaired) electrons. The molecule has 0 amide bonds. The van der Waals surface area contributed by atoms with Crippen molar-refractivity contribution >= 4 is 9.84 Å². The Balaban J connectivity index is 2.43. The van der Waals surface area contributed by atoms with Crippen molar-refractivity contribution in [2.24, 2.45) is 0 Å². The molecule has 0 atom stereocenters. The number of sulfone groups is 1. The molecule has 0 saturated heterocycles. The van der Waals surface area contributed by atoms with Crippen molar-refractivity contribution in [1.82, 2.24) is 10.3 Å². The summed E-state index contributed by atoms with van der Waals surface area (Å²) < 4.78 is 23.1. The molecule has 1 N–H and O–H groups in total. The van der Waals surface area contributed by atoms with Gasteiger partial charge in [0.05, 0.1) is 16.2 Å². The van der Waals surface area contributed by atoms with E-state index in [1.54, 1.807) is 27.0 Å². The van der Waals surface area contributed by atoms with E-state index in [-0.39, 0.29) is 5.75 Å². The molecule has 1 aromatic rings. The van der Waals surface area contributed by atoms with Gasteiger partial charge in [0.1, 0.15) is 0 Å². The number of nitrogens with one attached hydrogen (secondary N) is 1. The molecule has 0 aliphatic rings. The number of rotatable bonds is 5. The van der Waals surface area contributed by atoms with Crippen molar-refractivity contribution < 1.29 is 8.42 Å². The molecule has 0 bridgehead atoms. The maximum atomic E-state index is 11.9. The van der Waals surface area contributed by atoms with Gasteiger partial charge in [0.15, 0.2) is 9.84 Å². The smallest absolute Gasteiger partial charge is 0.156 e. The lowest BCUT2D eigenvalue weighted by molar-refractivity contribution is 0.555. The predicted molar refractivity (Wildman–Crippen MR) is 74.2 cm³/mol. The van der Waals surface area contributed by atoms with Crippen LogP contribution in [0.25, 0.3) is 0 Å². The SMILES string of the molecule is Cc1cccnc1CNCCS(=O)(=O)C(C)(C)C. The van der Waals surface area contributed by atoms with Crippen molar-refractivity contribution in [1.29, 1.82) is 0 Å². The summed E-state index contributed by atoms with van der Waals surface area (Å²) in [5.41, 5.74) is 2.08. The van der Waals surface area contributed by atoms with Gasteiger partial charge in [-0.05, 0) is 39.3 Å². The molecule has 4 nitrogen and oxygen atoms in total. The van der Waals surface area contributed by atoms with Crippen molar-refractivity contribution in [2.45, 2.75) is 39.0 Å². The molecule has 0 saturated carbocycles. The summed E-state index contributed by atoms with van der Waals surface area (Å²) in [6.07, 6.45) is 1.75. The minimum atomic E-state index is -3.05. The highest BCUT2D eigenvalue weighted by Crippen LogP contribution is 2.15. The Morgan fingerprint density at radius 1 is 1.33 bits per heavy atom. The summed E-state index contributed by atoms with van der Waals surface area (Å²) in [7, 11) is -3.05. The van der Waals surface area contributed by atoms with Crippen LogP contribution >= 0.6 is 0 Å². The first-order chi connectivity index (χ1) is 8.24. The Morgan fingerprint density at radius 3 is 2.56 bits per heavy atom. The van der Waals surface area contributed by atoms with E-state index in [0.717, 1.165) is 11.3 Å². The summed E-state index contributed by atoms with van der Waals surface area (Å²) >= 11 is 0. The molecule has 5 heteroatoms. The number of pyridine rings is 1. The van der Waals surface area contributed by atoms with E-state index >= 15 is 0 Å². The third kappa shape index (κ3) is 4.07. The second-order valence-electron chi connectivity index (χ2n) is 5.38. The molecular weight excluding hydrogens is 248 g/mol. The Labute approximate surface area is 110 Å². The van der Waals surface area contributed by atoms with Crippen molar-refractivity contribution in [2.75, 3.05) is 12.3 Å². The van der Waals surface area contributed by atoms with Crippen LogP contribution in [-0.4, -0.2) is 30.4 Å². The quantitative estimate of drug-likeness (QED) is 0.827. The fourth-order valence-electron chi connectivity index (χ4n) is 1.42. The Bertz CT molecular complexity index is 490. The van der Waals surface area contributed by atoms with Crippen LogP contribution in [0.5, 0.6) is 0 Å². The van der Waals surface area contributed by atoms with Gasteiger partial charge in [0.25, 0.3) is 0 Å². The Hall–Kier alpha value is -0.940. The van der Waals surface area contributed by atoms with Crippen LogP contribution < -0.4 is 5.32 Å². The van der Waals surface area contributed by atoms with E-state index in [1.165, 1.54) is 0 Å². The zero-order valence-corrected chi connectivity index (χ0v) is 12.3. The third-order valence-electron chi connectivity index (χ3n) is 2.89. The fourth-order valence-corrected chi connectivity index (χ4v) is 2.45. The minimum Gasteiger partial charge on any atom is -0.310 e. The number of hydrogen-bond donors (Lipinski definition) is 1. The maximum Gasteiger partial charge on any atom is 0.156 e. The number of hydrogen-bond acceptors (Lipinski definition) is 4. The average Bonchev–Trinajstić information content (AvgIpc) is 2.25. The average molecular weight is 270 g/mol. The molecule has 0 fully saturated rings. The molecule has 1 heterocycles. The van der Waals surface area contributed by atoms with Gasteiger partial charge >= 0.3 is 0 Å². The first-order valence-corrected chi connectivity index (χ1v) is 7.73. The van der Waals surface area contributed by atoms with Gasteiger partial charge in [-0.25, -0.2) is 8.42 Å². The summed E-state index contributed by atoms with van der Waals surface area (Å²) in [4.78, 5) is 4.25. The van der Waals surface area contributed by atoms with Crippen LogP contribution in [0.2, 0.25) is 0 Å². The van der Waals surface area contributed by atoms with E-state index in [0.29, 0.717) is 13.1 Å². The molecule has 0 aliphatic heterocycles. The normalized spacial score (nSPS) is 12.7. The molecule has 0 spiro atoms. The minimum absolute atomic E-state index is 0.155. The molecule has 18 heavy (non-hydrogen) atoms. The zero-order valence-electron chi connectivity index (χ0n) is 11.5. The molecule has 102 valence electrons. The Kier molecular flexibility index (Phi) is 4.87. The van der Waals surface area contributed by atoms with Crippen LogP contribution in [0.15, 0.2) is 18.3 Å². The molecular formula is C13H22N2O2S. The van der Waals surface area contributed by atoms with E-state index in [9.17, 15) is 8.42 Å². The molecule has 1 aromatic heterocycles. The second-order valence-corrected chi connectivity index (χ2v) is 8.24. The van der Waals surface area contributed by atoms with Gasteiger partial charge in [0, 0.05) is 19.3 Å². The lowest BCUT2D eigenvalue weighted by atomic mass is 10.2. The van der Waals surface area contributed by atoms with Crippen LogP contribution in [0.3, 0.4) is 0 Å². The van der Waals surface area contributed by atoms with E-state index in [4.69, 9.17) is 0 Å². The highest BCUT2D eigenvalue weighted by molar-refractivity contribution is 7.92. The number of aromatic nitrogens is 1. The lowest BCUT2D eigenvalue weighted by Gasteiger charge is -2.19. The fraction of sp³-hybridized carbons (Fsp3) is 0.615. The summed E-state index contributed by atoms with van der Waals surface area (Å²) in [5, 5.41) is 3.13. The van der Waals surface area contributed by atoms with Crippen molar-refractivity contribution in [3.05, 3.63) is 29.6 Å². The van der Waals surface area contributed by atoms with Gasteiger partial charge in [-0.1, -0.05) is 6.07 Å². The van der Waals surface area contributed by atoms with E-state index in [2.05, 4.69) is 10.3 Å². The lowest BCUT2D eigenvalue weighted by Crippen LogP contribution is -2.34. The van der Waals surface area contributed by atoms with E-state index in [1.807, 2.05) is 19.1 Å². The van der Waals surface area contributed by atoms with Crippen molar-refractivity contribution in [3.8, 4) is 0 Å². The van der Waals surface area contributed by atoms with Crippen LogP contribution in [0.4, 0.5) is 0 Å². The zero-order chi connectivity index (χ0) is 13.8. The largest absolute Gasteiger partial charge is 0.310 e. The highest BCUT2D eigenvalue weighted by atomic mass is 32.2. The predicted octanol–water partition coefficient (Wildman–Crippen LogP) is 1.69. The standard InChI is InChI=1S/C13H22N2O2S/c1-11-6-5-7-15-12(11)10-14-8-9-18(16,17)13(2,3)4/h5-7,14H,8-10H2,1-4H3. The van der Waals surface area contributed by atoms with Gasteiger partial charge in [-0.2, -0.15) is 0 Å². The molecule has 1 rings (SSSR count). The monoisotopic (exact) mass is 270 g/mol. The van der Waals surface area contributed by atoms with Crippen LogP contribution in [0.1, 0.15) is 32.0 Å². The molecule has 0 unspecified atom stereocenters. The van der Waals surface area contributed by atoms with Gasteiger partial charge in [-0.15, -0.1) is 0 Å². The summed E-state index contributed by atoms with van der Waals surface area (Å²) in [5.74, 6) is 0.155. The second kappa shape index (κ2) is 5.80. The first kappa shape index (κ1) is 15.1. The van der Waals surface area contributed by atoms with Crippen molar-refractivity contribution in [3.63, 3.8) is 0 Å². The molecule has 0 aliphatic carbocycles. The number of nitrogens with zero attached hydrogens (tertiary/aromatic N) is 1. The van der Waals surface area contributed by atoms with E-state index < -0.39 is 14.6 Å². The van der Waals surface area contributed by atoms with Gasteiger partial charge < -0.3 is 5.32 Å². The number of aryl methyl sites for hydroxylation is 1. The third-order valence-corrected chi connectivity index (χ3v) is 5.50. The summed E-state index contributed by atoms with van der Waals surface area (Å²) in [6, 6.07) is 3.89. The van der Waals surface area contributed by atoms with Crippen LogP contribution in [0, 0.1) is 6.92 Å². The summed E-state index contributed by atoms with van der Waals surface area (Å²) in [6.45, 7) is 8.24. The Morgan fingerprint density at radius 2 is 2.00 bits per heavy atom. The maximum absolute atomic E-state index is 11.9. The van der Waals surface area contributed by atoms with Gasteiger partial charge in [0.2, 0.25) is 0 Å². The van der Waals surface area contributed by atoms with Crippen LogP contribution in [-0.2, 0) is 16.4 Å². The first-order valence-electron chi connectivity index (χ1n) is 6.07. The highest BCUT2D eigenvalue weighted by Gasteiger charge is 2.27. The van der Waals surface area contributed by atoms with Gasteiger partial charge in [-0.3, -0.25) is 4.98 Å². The molecule has 0 aromatic carbocycles. The topological polar surface area (TPSA) is 59.1 Å².